The van der Waals surface area contributed by atoms with Gasteiger partial charge in [0.05, 0.1) is 0 Å². The highest BCUT2D eigenvalue weighted by molar-refractivity contribution is 6.28. The summed E-state index contributed by atoms with van der Waals surface area (Å²) in [6.45, 7) is 2.61. The zero-order chi connectivity index (χ0) is 18.6. The molecule has 3 aromatic rings. The minimum Gasteiger partial charge on any atom is -0.445 e. The predicted octanol–water partition coefficient (Wildman–Crippen LogP) is 4.13. The number of benzene rings is 1. The number of hydrogen-bond acceptors (Lipinski definition) is 4. The van der Waals surface area contributed by atoms with E-state index in [1.165, 1.54) is 0 Å². The molecule has 27 heavy (non-hydrogen) atoms. The Kier molecular flexibility index (Phi) is 5.25. The molecule has 0 atom stereocenters. The van der Waals surface area contributed by atoms with Gasteiger partial charge in [0.25, 0.3) is 0 Å². The van der Waals surface area contributed by atoms with Crippen LogP contribution in [0.4, 0.5) is 4.79 Å². The van der Waals surface area contributed by atoms with Crippen molar-refractivity contribution in [1.82, 2.24) is 19.4 Å². The SMILES string of the molecule is O=C(OCc1ccccc1)N1CCC(Cn2ccc3cnc(Cl)nc32)CC1. The average Bonchev–Trinajstić information content (AvgIpc) is 3.09. The molecule has 0 N–H and O–H groups in total. The number of halogens is 1. The summed E-state index contributed by atoms with van der Waals surface area (Å²) in [6, 6.07) is 11.7. The third kappa shape index (κ3) is 4.22. The molecular formula is C20H21ClN4O2. The Labute approximate surface area is 162 Å². The highest BCUT2D eigenvalue weighted by Crippen LogP contribution is 2.23. The van der Waals surface area contributed by atoms with Gasteiger partial charge in [0.15, 0.2) is 0 Å². The summed E-state index contributed by atoms with van der Waals surface area (Å²) in [4.78, 5) is 22.4. The maximum Gasteiger partial charge on any atom is 0.410 e. The summed E-state index contributed by atoms with van der Waals surface area (Å²) in [5.74, 6) is 0.493. The van der Waals surface area contributed by atoms with Crippen molar-refractivity contribution in [1.29, 1.82) is 0 Å². The molecule has 0 spiro atoms. The van der Waals surface area contributed by atoms with Gasteiger partial charge in [-0.2, -0.15) is 4.98 Å². The first-order chi connectivity index (χ1) is 13.2. The third-order valence-corrected chi connectivity index (χ3v) is 5.19. The fraction of sp³-hybridized carbons (Fsp3) is 0.350. The molecule has 1 saturated heterocycles. The second kappa shape index (κ2) is 7.96. The molecule has 7 heteroatoms. The normalized spacial score (nSPS) is 15.2. The van der Waals surface area contributed by atoms with Crippen molar-refractivity contribution >= 4 is 28.7 Å². The Morgan fingerprint density at radius 1 is 1.19 bits per heavy atom. The fourth-order valence-corrected chi connectivity index (χ4v) is 3.61. The monoisotopic (exact) mass is 384 g/mol. The van der Waals surface area contributed by atoms with Crippen LogP contribution in [0.2, 0.25) is 5.28 Å². The highest BCUT2D eigenvalue weighted by Gasteiger charge is 2.24. The van der Waals surface area contributed by atoms with Gasteiger partial charge in [0.1, 0.15) is 12.3 Å². The largest absolute Gasteiger partial charge is 0.445 e. The average molecular weight is 385 g/mol. The molecule has 0 saturated carbocycles. The van der Waals surface area contributed by atoms with E-state index in [0.717, 1.165) is 36.0 Å². The maximum absolute atomic E-state index is 12.3. The molecule has 2 aromatic heterocycles. The second-order valence-electron chi connectivity index (χ2n) is 6.86. The van der Waals surface area contributed by atoms with Crippen LogP contribution in [-0.4, -0.2) is 38.6 Å². The van der Waals surface area contributed by atoms with Gasteiger partial charge in [0, 0.05) is 37.4 Å². The molecule has 1 amide bonds. The van der Waals surface area contributed by atoms with E-state index >= 15 is 0 Å². The zero-order valence-electron chi connectivity index (χ0n) is 14.9. The van der Waals surface area contributed by atoms with Crippen molar-refractivity contribution in [3.05, 3.63) is 59.6 Å². The number of likely N-dealkylation sites (tertiary alicyclic amines) is 1. The summed E-state index contributed by atoms with van der Waals surface area (Å²) < 4.78 is 7.55. The van der Waals surface area contributed by atoms with E-state index in [0.29, 0.717) is 25.6 Å². The molecular weight excluding hydrogens is 364 g/mol. The number of aromatic nitrogens is 3. The summed E-state index contributed by atoms with van der Waals surface area (Å²) in [7, 11) is 0. The number of nitrogens with zero attached hydrogens (tertiary/aromatic N) is 4. The van der Waals surface area contributed by atoms with Crippen molar-refractivity contribution in [3.63, 3.8) is 0 Å². The third-order valence-electron chi connectivity index (χ3n) is 5.01. The van der Waals surface area contributed by atoms with Crippen LogP contribution in [0.25, 0.3) is 11.0 Å². The number of hydrogen-bond donors (Lipinski definition) is 0. The van der Waals surface area contributed by atoms with Crippen molar-refractivity contribution in [3.8, 4) is 0 Å². The molecule has 4 rings (SSSR count). The van der Waals surface area contributed by atoms with Crippen LogP contribution < -0.4 is 0 Å². The van der Waals surface area contributed by atoms with Crippen molar-refractivity contribution in [2.45, 2.75) is 26.0 Å². The molecule has 1 aliphatic heterocycles. The molecule has 1 fully saturated rings. The van der Waals surface area contributed by atoms with Crippen LogP contribution in [0.5, 0.6) is 0 Å². The zero-order valence-corrected chi connectivity index (χ0v) is 15.7. The topological polar surface area (TPSA) is 60.2 Å². The first-order valence-corrected chi connectivity index (χ1v) is 9.50. The summed E-state index contributed by atoms with van der Waals surface area (Å²) in [5.41, 5.74) is 1.86. The number of piperidine rings is 1. The lowest BCUT2D eigenvalue weighted by molar-refractivity contribution is 0.0808. The van der Waals surface area contributed by atoms with E-state index in [2.05, 4.69) is 14.5 Å². The number of ether oxygens (including phenoxy) is 1. The molecule has 0 radical (unpaired) electrons. The lowest BCUT2D eigenvalue weighted by Gasteiger charge is -2.31. The van der Waals surface area contributed by atoms with Gasteiger partial charge in [-0.05, 0) is 42.0 Å². The number of carbonyl (C=O) groups excluding carboxylic acids is 1. The second-order valence-corrected chi connectivity index (χ2v) is 7.19. The maximum atomic E-state index is 12.3. The van der Waals surface area contributed by atoms with Gasteiger partial charge in [-0.1, -0.05) is 30.3 Å². The number of carbonyl (C=O) groups is 1. The van der Waals surface area contributed by atoms with Gasteiger partial charge in [0.2, 0.25) is 5.28 Å². The molecule has 1 aliphatic rings. The standard InChI is InChI=1S/C20H21ClN4O2/c21-19-22-12-17-8-11-25(18(17)23-19)13-15-6-9-24(10-7-15)20(26)27-14-16-4-2-1-3-5-16/h1-5,8,11-12,15H,6-7,9-10,13-14H2. The number of rotatable bonds is 4. The lowest BCUT2D eigenvalue weighted by Crippen LogP contribution is -2.39. The van der Waals surface area contributed by atoms with Crippen LogP contribution in [-0.2, 0) is 17.9 Å². The Hall–Kier alpha value is -2.60. The minimum atomic E-state index is -0.233. The Morgan fingerprint density at radius 3 is 2.74 bits per heavy atom. The minimum absolute atomic E-state index is 0.233. The van der Waals surface area contributed by atoms with Crippen LogP contribution in [0.1, 0.15) is 18.4 Å². The van der Waals surface area contributed by atoms with Gasteiger partial charge >= 0.3 is 6.09 Å². The molecule has 3 heterocycles. The van der Waals surface area contributed by atoms with Crippen LogP contribution in [0.3, 0.4) is 0 Å². The van der Waals surface area contributed by atoms with Crippen LogP contribution >= 0.6 is 11.6 Å². The highest BCUT2D eigenvalue weighted by atomic mass is 35.5. The van der Waals surface area contributed by atoms with E-state index in [-0.39, 0.29) is 11.4 Å². The molecule has 0 aliphatic carbocycles. The summed E-state index contributed by atoms with van der Waals surface area (Å²) in [5, 5.41) is 1.25. The predicted molar refractivity (Wildman–Crippen MR) is 103 cm³/mol. The van der Waals surface area contributed by atoms with Gasteiger partial charge in [-0.15, -0.1) is 0 Å². The summed E-state index contributed by atoms with van der Waals surface area (Å²) in [6.07, 6.45) is 5.42. The Morgan fingerprint density at radius 2 is 1.96 bits per heavy atom. The number of fused-ring (bicyclic) bond motifs is 1. The Bertz CT molecular complexity index is 920. The van der Waals surface area contributed by atoms with Crippen molar-refractivity contribution in [2.75, 3.05) is 13.1 Å². The molecule has 6 nitrogen and oxygen atoms in total. The summed E-state index contributed by atoms with van der Waals surface area (Å²) >= 11 is 5.92. The van der Waals surface area contributed by atoms with E-state index in [4.69, 9.17) is 16.3 Å². The van der Waals surface area contributed by atoms with Gasteiger partial charge < -0.3 is 14.2 Å². The molecule has 1 aromatic carbocycles. The van der Waals surface area contributed by atoms with Crippen LogP contribution in [0.15, 0.2) is 48.8 Å². The van der Waals surface area contributed by atoms with E-state index in [1.54, 1.807) is 11.1 Å². The fourth-order valence-electron chi connectivity index (χ4n) is 3.48. The molecule has 140 valence electrons. The van der Waals surface area contributed by atoms with Gasteiger partial charge in [-0.25, -0.2) is 9.78 Å². The first-order valence-electron chi connectivity index (χ1n) is 9.12. The van der Waals surface area contributed by atoms with Crippen molar-refractivity contribution < 1.29 is 9.53 Å². The van der Waals surface area contributed by atoms with E-state index in [9.17, 15) is 4.79 Å². The number of amides is 1. The lowest BCUT2D eigenvalue weighted by atomic mass is 9.97. The molecule has 0 unspecified atom stereocenters. The van der Waals surface area contributed by atoms with E-state index in [1.807, 2.05) is 42.6 Å². The smallest absolute Gasteiger partial charge is 0.410 e. The first kappa shape index (κ1) is 17.8. The van der Waals surface area contributed by atoms with E-state index < -0.39 is 0 Å². The molecule has 0 bridgehead atoms. The van der Waals surface area contributed by atoms with Gasteiger partial charge in [-0.3, -0.25) is 0 Å². The quantitative estimate of drug-likeness (QED) is 0.634. The van der Waals surface area contributed by atoms with Crippen LogP contribution in [0, 0.1) is 5.92 Å². The van der Waals surface area contributed by atoms with Crippen molar-refractivity contribution in [2.24, 2.45) is 5.92 Å². The Balaban J connectivity index is 1.29.